The van der Waals surface area contributed by atoms with E-state index in [-0.39, 0.29) is 0 Å². The number of pyridine rings is 2. The predicted octanol–water partition coefficient (Wildman–Crippen LogP) is 1.62. The molecule has 1 aliphatic heterocycles. The molecule has 1 aliphatic rings. The van der Waals surface area contributed by atoms with Gasteiger partial charge in [0.15, 0.2) is 0 Å². The summed E-state index contributed by atoms with van der Waals surface area (Å²) in [6.45, 7) is 4.09. The molecule has 0 aliphatic carbocycles. The molecule has 1 fully saturated rings. The maximum absolute atomic E-state index is 11.5. The number of nitrogens with zero attached hydrogens (tertiary/aromatic N) is 4. The van der Waals surface area contributed by atoms with Gasteiger partial charge in [-0.05, 0) is 36.9 Å². The van der Waals surface area contributed by atoms with E-state index < -0.39 is 5.91 Å². The molecule has 0 spiro atoms. The Morgan fingerprint density at radius 3 is 2.75 bits per heavy atom. The number of rotatable bonds is 5. The zero-order chi connectivity index (χ0) is 16.9. The van der Waals surface area contributed by atoms with E-state index in [0.29, 0.717) is 10.6 Å². The fraction of sp³-hybridized carbons (Fsp3) is 0.353. The lowest BCUT2D eigenvalue weighted by atomic mass is 10.2. The summed E-state index contributed by atoms with van der Waals surface area (Å²) in [5.74, 6) is 1.29. The minimum atomic E-state index is -0.446. The van der Waals surface area contributed by atoms with Crippen LogP contribution in [-0.2, 0) is 5.75 Å². The van der Waals surface area contributed by atoms with Crippen molar-refractivity contribution in [1.29, 1.82) is 0 Å². The Labute approximate surface area is 146 Å². The van der Waals surface area contributed by atoms with Crippen molar-refractivity contribution in [1.82, 2.24) is 14.9 Å². The van der Waals surface area contributed by atoms with Crippen LogP contribution in [0.4, 0.5) is 5.82 Å². The van der Waals surface area contributed by atoms with Gasteiger partial charge in [0.25, 0.3) is 5.91 Å². The van der Waals surface area contributed by atoms with Crippen LogP contribution in [0.5, 0.6) is 0 Å². The third kappa shape index (κ3) is 4.04. The molecule has 0 radical (unpaired) electrons. The molecule has 0 bridgehead atoms. The first kappa shape index (κ1) is 16.7. The fourth-order valence-corrected chi connectivity index (χ4v) is 3.55. The number of carbonyl (C=O) groups excluding carboxylic acids is 1. The van der Waals surface area contributed by atoms with Gasteiger partial charge in [-0.1, -0.05) is 0 Å². The molecule has 2 N–H and O–H groups in total. The van der Waals surface area contributed by atoms with Crippen LogP contribution in [-0.4, -0.2) is 54.0 Å². The Morgan fingerprint density at radius 2 is 2.00 bits per heavy atom. The van der Waals surface area contributed by atoms with Crippen molar-refractivity contribution in [2.45, 2.75) is 10.8 Å². The first-order valence-electron chi connectivity index (χ1n) is 7.89. The van der Waals surface area contributed by atoms with Gasteiger partial charge in [-0.15, -0.1) is 11.8 Å². The smallest absolute Gasteiger partial charge is 0.251 e. The molecule has 7 heteroatoms. The second-order valence-corrected chi connectivity index (χ2v) is 6.79. The largest absolute Gasteiger partial charge is 0.366 e. The van der Waals surface area contributed by atoms with E-state index in [0.717, 1.165) is 43.3 Å². The third-order valence-corrected chi connectivity index (χ3v) is 5.13. The summed E-state index contributed by atoms with van der Waals surface area (Å²) >= 11 is 1.52. The quantitative estimate of drug-likeness (QED) is 0.832. The standard InChI is InChI=1S/C17H21N5OS/c1-21-7-9-22(10-8-21)15-11-13(4-6-19-15)12-24-17-14(16(18)23)3-2-5-20-17/h2-6,11H,7-10,12H2,1H3,(H2,18,23). The molecular weight excluding hydrogens is 322 g/mol. The number of aromatic nitrogens is 2. The molecule has 3 rings (SSSR count). The van der Waals surface area contributed by atoms with Crippen molar-refractivity contribution in [2.75, 3.05) is 38.1 Å². The molecule has 0 saturated carbocycles. The number of hydrogen-bond donors (Lipinski definition) is 1. The Balaban J connectivity index is 1.68. The van der Waals surface area contributed by atoms with Crippen molar-refractivity contribution in [3.63, 3.8) is 0 Å². The number of anilines is 1. The maximum atomic E-state index is 11.5. The van der Waals surface area contributed by atoms with Gasteiger partial charge in [0.05, 0.1) is 5.56 Å². The van der Waals surface area contributed by atoms with Crippen LogP contribution < -0.4 is 10.6 Å². The van der Waals surface area contributed by atoms with Crippen LogP contribution in [0, 0.1) is 0 Å². The number of amides is 1. The highest BCUT2D eigenvalue weighted by atomic mass is 32.2. The van der Waals surface area contributed by atoms with E-state index in [2.05, 4.69) is 32.9 Å². The molecule has 1 saturated heterocycles. The zero-order valence-corrected chi connectivity index (χ0v) is 14.5. The predicted molar refractivity (Wildman–Crippen MR) is 96.3 cm³/mol. The molecular formula is C17H21N5OS. The summed E-state index contributed by atoms with van der Waals surface area (Å²) in [5.41, 5.74) is 7.03. The second kappa shape index (κ2) is 7.63. The number of likely N-dealkylation sites (N-methyl/N-ethyl adjacent to an activating group) is 1. The first-order chi connectivity index (χ1) is 11.6. The Bertz CT molecular complexity index is 716. The second-order valence-electron chi connectivity index (χ2n) is 5.82. The monoisotopic (exact) mass is 343 g/mol. The molecule has 126 valence electrons. The van der Waals surface area contributed by atoms with Gasteiger partial charge in [0.1, 0.15) is 10.8 Å². The Morgan fingerprint density at radius 1 is 1.21 bits per heavy atom. The molecule has 24 heavy (non-hydrogen) atoms. The molecule has 2 aromatic heterocycles. The summed E-state index contributed by atoms with van der Waals surface area (Å²) in [4.78, 5) is 24.9. The average Bonchev–Trinajstić information content (AvgIpc) is 2.61. The van der Waals surface area contributed by atoms with E-state index in [1.165, 1.54) is 11.8 Å². The van der Waals surface area contributed by atoms with Crippen LogP contribution in [0.1, 0.15) is 15.9 Å². The van der Waals surface area contributed by atoms with Gasteiger partial charge in [-0.25, -0.2) is 9.97 Å². The minimum Gasteiger partial charge on any atom is -0.366 e. The minimum absolute atomic E-state index is 0.446. The topological polar surface area (TPSA) is 75.3 Å². The van der Waals surface area contributed by atoms with Crippen molar-refractivity contribution in [2.24, 2.45) is 5.73 Å². The first-order valence-corrected chi connectivity index (χ1v) is 8.88. The lowest BCUT2D eigenvalue weighted by Gasteiger charge is -2.33. The summed E-state index contributed by atoms with van der Waals surface area (Å²) in [7, 11) is 2.14. The number of hydrogen-bond acceptors (Lipinski definition) is 6. The van der Waals surface area contributed by atoms with Crippen LogP contribution in [0.2, 0.25) is 0 Å². The summed E-state index contributed by atoms with van der Waals surface area (Å²) in [6.07, 6.45) is 3.52. The average molecular weight is 343 g/mol. The highest BCUT2D eigenvalue weighted by molar-refractivity contribution is 7.98. The zero-order valence-electron chi connectivity index (χ0n) is 13.7. The van der Waals surface area contributed by atoms with E-state index in [4.69, 9.17) is 5.73 Å². The molecule has 1 amide bonds. The number of nitrogens with two attached hydrogens (primary N) is 1. The van der Waals surface area contributed by atoms with E-state index >= 15 is 0 Å². The van der Waals surface area contributed by atoms with Gasteiger partial charge in [-0.3, -0.25) is 4.79 Å². The fourth-order valence-electron chi connectivity index (χ4n) is 2.60. The van der Waals surface area contributed by atoms with Gasteiger partial charge in [-0.2, -0.15) is 0 Å². The van der Waals surface area contributed by atoms with Gasteiger partial charge < -0.3 is 15.5 Å². The maximum Gasteiger partial charge on any atom is 0.251 e. The van der Waals surface area contributed by atoms with Gasteiger partial charge >= 0.3 is 0 Å². The van der Waals surface area contributed by atoms with E-state index in [9.17, 15) is 4.79 Å². The number of primary amides is 1. The highest BCUT2D eigenvalue weighted by Crippen LogP contribution is 2.25. The SMILES string of the molecule is CN1CCN(c2cc(CSc3ncccc3C(N)=O)ccn2)CC1. The molecule has 0 atom stereocenters. The van der Waals surface area contributed by atoms with E-state index in [1.54, 1.807) is 18.3 Å². The molecule has 0 aromatic carbocycles. The van der Waals surface area contributed by atoms with Crippen LogP contribution in [0.3, 0.4) is 0 Å². The van der Waals surface area contributed by atoms with Crippen LogP contribution >= 0.6 is 11.8 Å². The van der Waals surface area contributed by atoms with Crippen molar-refractivity contribution < 1.29 is 4.79 Å². The van der Waals surface area contributed by atoms with Gasteiger partial charge in [0.2, 0.25) is 0 Å². The van der Waals surface area contributed by atoms with Crippen LogP contribution in [0.25, 0.3) is 0 Å². The summed E-state index contributed by atoms with van der Waals surface area (Å²) in [5, 5.41) is 0.669. The lowest BCUT2D eigenvalue weighted by molar-refractivity contribution is 0.0997. The lowest BCUT2D eigenvalue weighted by Crippen LogP contribution is -2.44. The van der Waals surface area contributed by atoms with Crippen molar-refractivity contribution in [3.8, 4) is 0 Å². The highest BCUT2D eigenvalue weighted by Gasteiger charge is 2.15. The molecule has 0 unspecified atom stereocenters. The van der Waals surface area contributed by atoms with Crippen molar-refractivity contribution >= 4 is 23.5 Å². The number of carbonyl (C=O) groups is 1. The molecule has 2 aromatic rings. The molecule has 6 nitrogen and oxygen atoms in total. The summed E-state index contributed by atoms with van der Waals surface area (Å²) < 4.78 is 0. The summed E-state index contributed by atoms with van der Waals surface area (Å²) in [6, 6.07) is 7.55. The number of piperazine rings is 1. The molecule has 3 heterocycles. The van der Waals surface area contributed by atoms with Gasteiger partial charge in [0, 0.05) is 44.3 Å². The Hall–Kier alpha value is -2.12. The third-order valence-electron chi connectivity index (χ3n) is 4.05. The number of thioether (sulfide) groups is 1. The Kier molecular flexibility index (Phi) is 5.32. The van der Waals surface area contributed by atoms with Crippen molar-refractivity contribution in [3.05, 3.63) is 47.8 Å². The van der Waals surface area contributed by atoms with E-state index in [1.807, 2.05) is 12.3 Å². The van der Waals surface area contributed by atoms with Crippen LogP contribution in [0.15, 0.2) is 41.7 Å². The normalized spacial score (nSPS) is 15.5.